The Morgan fingerprint density at radius 1 is 1.33 bits per heavy atom. The molecule has 2 aromatic rings. The van der Waals surface area contributed by atoms with Crippen LogP contribution in [0.25, 0.3) is 0 Å². The highest BCUT2D eigenvalue weighted by molar-refractivity contribution is 5.41. The van der Waals surface area contributed by atoms with Gasteiger partial charge in [0.15, 0.2) is 0 Å². The van der Waals surface area contributed by atoms with Crippen molar-refractivity contribution in [1.82, 2.24) is 10.2 Å². The van der Waals surface area contributed by atoms with E-state index in [-0.39, 0.29) is 11.9 Å². The quantitative estimate of drug-likeness (QED) is 0.904. The van der Waals surface area contributed by atoms with E-state index >= 15 is 0 Å². The molecule has 0 unspecified atom stereocenters. The minimum Gasteiger partial charge on any atom is -0.471 e. The maximum atomic E-state index is 13.1. The lowest BCUT2D eigenvalue weighted by atomic mass is 10.3. The average molecular weight is 250 g/mol. The number of benzene rings is 1. The number of nitrogens with zero attached hydrogens (tertiary/aromatic N) is 1. The molecule has 0 fully saturated rings. The Morgan fingerprint density at radius 3 is 2.78 bits per heavy atom. The van der Waals surface area contributed by atoms with Crippen LogP contribution in [0.15, 0.2) is 24.3 Å². The van der Waals surface area contributed by atoms with E-state index in [4.69, 9.17) is 9.47 Å². The highest BCUT2D eigenvalue weighted by Crippen LogP contribution is 2.33. The van der Waals surface area contributed by atoms with Gasteiger partial charge in [-0.3, -0.25) is 5.10 Å². The van der Waals surface area contributed by atoms with Gasteiger partial charge in [0.25, 0.3) is 5.88 Å². The minimum atomic E-state index is -0.347. The Morgan fingerprint density at radius 2 is 2.11 bits per heavy atom. The van der Waals surface area contributed by atoms with E-state index in [1.54, 1.807) is 12.1 Å². The van der Waals surface area contributed by atoms with Crippen molar-refractivity contribution in [3.8, 4) is 17.4 Å². The van der Waals surface area contributed by atoms with Crippen molar-refractivity contribution in [1.29, 1.82) is 0 Å². The zero-order chi connectivity index (χ0) is 13.1. The Bertz CT molecular complexity index is 538. The fourth-order valence-corrected chi connectivity index (χ4v) is 1.47. The summed E-state index contributed by atoms with van der Waals surface area (Å²) in [7, 11) is 0. The summed E-state index contributed by atoms with van der Waals surface area (Å²) in [5.41, 5.74) is 0.731. The molecule has 1 heterocycles. The van der Waals surface area contributed by atoms with Gasteiger partial charge in [-0.2, -0.15) is 0 Å². The largest absolute Gasteiger partial charge is 0.471 e. The second-order valence-corrected chi connectivity index (χ2v) is 4.21. The molecule has 1 aromatic carbocycles. The van der Waals surface area contributed by atoms with Crippen molar-refractivity contribution in [2.75, 3.05) is 0 Å². The number of nitrogens with one attached hydrogen (secondary N) is 1. The first-order valence-electron chi connectivity index (χ1n) is 5.71. The fraction of sp³-hybridized carbons (Fsp3) is 0.308. The summed E-state index contributed by atoms with van der Waals surface area (Å²) >= 11 is 0. The molecule has 96 valence electrons. The molecule has 0 saturated carbocycles. The van der Waals surface area contributed by atoms with Crippen LogP contribution in [-0.4, -0.2) is 16.3 Å². The van der Waals surface area contributed by atoms with Gasteiger partial charge in [0.2, 0.25) is 5.75 Å². The van der Waals surface area contributed by atoms with Crippen LogP contribution in [0.2, 0.25) is 0 Å². The lowest BCUT2D eigenvalue weighted by molar-refractivity contribution is 0.224. The van der Waals surface area contributed by atoms with Crippen molar-refractivity contribution in [2.45, 2.75) is 26.9 Å². The van der Waals surface area contributed by atoms with Crippen LogP contribution < -0.4 is 9.47 Å². The van der Waals surface area contributed by atoms with Crippen molar-refractivity contribution < 1.29 is 13.9 Å². The number of halogens is 1. The summed E-state index contributed by atoms with van der Waals surface area (Å²) < 4.78 is 24.2. The Kier molecular flexibility index (Phi) is 3.50. The van der Waals surface area contributed by atoms with Crippen molar-refractivity contribution in [2.24, 2.45) is 0 Å². The van der Waals surface area contributed by atoms with E-state index in [0.717, 1.165) is 5.69 Å². The molecule has 1 aromatic heterocycles. The lowest BCUT2D eigenvalue weighted by Gasteiger charge is -2.10. The highest BCUT2D eigenvalue weighted by Gasteiger charge is 2.15. The van der Waals surface area contributed by atoms with Crippen LogP contribution in [-0.2, 0) is 0 Å². The average Bonchev–Trinajstić information content (AvgIpc) is 2.61. The zero-order valence-electron chi connectivity index (χ0n) is 10.5. The van der Waals surface area contributed by atoms with Gasteiger partial charge in [-0.1, -0.05) is 6.07 Å². The standard InChI is InChI=1S/C13H15FN2O2/c1-8(2)17-13-12(9(3)15-16-13)18-11-6-4-5-10(14)7-11/h4-8H,1-3H3,(H,15,16). The van der Waals surface area contributed by atoms with E-state index in [0.29, 0.717) is 17.4 Å². The van der Waals surface area contributed by atoms with Gasteiger partial charge in [0.05, 0.1) is 11.8 Å². The maximum absolute atomic E-state index is 13.1. The third kappa shape index (κ3) is 2.80. The first-order chi connectivity index (χ1) is 8.56. The predicted octanol–water partition coefficient (Wildman–Crippen LogP) is 3.44. The van der Waals surface area contributed by atoms with Crippen LogP contribution in [0.3, 0.4) is 0 Å². The van der Waals surface area contributed by atoms with Crippen molar-refractivity contribution in [3.63, 3.8) is 0 Å². The van der Waals surface area contributed by atoms with Crippen LogP contribution in [0.5, 0.6) is 17.4 Å². The molecule has 0 bridgehead atoms. The molecule has 18 heavy (non-hydrogen) atoms. The lowest BCUT2D eigenvalue weighted by Crippen LogP contribution is -2.06. The number of aromatic amines is 1. The van der Waals surface area contributed by atoms with Gasteiger partial charge < -0.3 is 9.47 Å². The summed E-state index contributed by atoms with van der Waals surface area (Å²) in [6, 6.07) is 5.93. The molecule has 0 radical (unpaired) electrons. The molecule has 0 aliphatic rings. The van der Waals surface area contributed by atoms with Gasteiger partial charge in [-0.25, -0.2) is 4.39 Å². The van der Waals surface area contributed by atoms with E-state index in [2.05, 4.69) is 10.2 Å². The van der Waals surface area contributed by atoms with Gasteiger partial charge in [-0.05, 0) is 32.9 Å². The number of aromatic nitrogens is 2. The summed E-state index contributed by atoms with van der Waals surface area (Å²) in [6.45, 7) is 5.61. The molecule has 5 heteroatoms. The SMILES string of the molecule is Cc1[nH]nc(OC(C)C)c1Oc1cccc(F)c1. The Balaban J connectivity index is 2.25. The molecule has 0 aliphatic heterocycles. The molecular weight excluding hydrogens is 235 g/mol. The second-order valence-electron chi connectivity index (χ2n) is 4.21. The van der Waals surface area contributed by atoms with Gasteiger partial charge in [-0.15, -0.1) is 5.10 Å². The van der Waals surface area contributed by atoms with Crippen LogP contribution >= 0.6 is 0 Å². The molecule has 2 rings (SSSR count). The molecular formula is C13H15FN2O2. The summed E-state index contributed by atoms with van der Waals surface area (Å²) in [5.74, 6) is 0.925. The summed E-state index contributed by atoms with van der Waals surface area (Å²) in [6.07, 6.45) is -0.0115. The molecule has 0 atom stereocenters. The molecule has 0 aliphatic carbocycles. The van der Waals surface area contributed by atoms with Gasteiger partial charge in [0.1, 0.15) is 11.6 Å². The second kappa shape index (κ2) is 5.08. The van der Waals surface area contributed by atoms with Crippen LogP contribution in [0.4, 0.5) is 4.39 Å². The van der Waals surface area contributed by atoms with E-state index in [1.165, 1.54) is 12.1 Å². The van der Waals surface area contributed by atoms with Crippen molar-refractivity contribution in [3.05, 3.63) is 35.8 Å². The monoisotopic (exact) mass is 250 g/mol. The molecule has 4 nitrogen and oxygen atoms in total. The highest BCUT2D eigenvalue weighted by atomic mass is 19.1. The van der Waals surface area contributed by atoms with E-state index in [9.17, 15) is 4.39 Å². The number of aryl methyl sites for hydroxylation is 1. The topological polar surface area (TPSA) is 47.1 Å². The Hall–Kier alpha value is -2.04. The predicted molar refractivity (Wildman–Crippen MR) is 65.6 cm³/mol. The fourth-order valence-electron chi connectivity index (χ4n) is 1.47. The Labute approximate surface area is 105 Å². The molecule has 0 amide bonds. The molecule has 0 spiro atoms. The molecule has 0 saturated heterocycles. The van der Waals surface area contributed by atoms with Gasteiger partial charge >= 0.3 is 0 Å². The third-order valence-electron chi connectivity index (χ3n) is 2.22. The number of H-pyrrole nitrogens is 1. The zero-order valence-corrected chi connectivity index (χ0v) is 10.5. The smallest absolute Gasteiger partial charge is 0.276 e. The number of hydrogen-bond acceptors (Lipinski definition) is 3. The minimum absolute atomic E-state index is 0.0115. The first kappa shape index (κ1) is 12.4. The maximum Gasteiger partial charge on any atom is 0.276 e. The van der Waals surface area contributed by atoms with Gasteiger partial charge in [0, 0.05) is 6.07 Å². The normalized spacial score (nSPS) is 10.7. The summed E-state index contributed by atoms with van der Waals surface area (Å²) in [5, 5.41) is 6.79. The van der Waals surface area contributed by atoms with Crippen LogP contribution in [0.1, 0.15) is 19.5 Å². The van der Waals surface area contributed by atoms with Crippen molar-refractivity contribution >= 4 is 0 Å². The first-order valence-corrected chi connectivity index (χ1v) is 5.71. The van der Waals surface area contributed by atoms with E-state index < -0.39 is 0 Å². The van der Waals surface area contributed by atoms with E-state index in [1.807, 2.05) is 20.8 Å². The third-order valence-corrected chi connectivity index (χ3v) is 2.22. The number of ether oxygens (including phenoxy) is 2. The summed E-state index contributed by atoms with van der Waals surface area (Å²) in [4.78, 5) is 0. The molecule has 1 N–H and O–H groups in total. The number of hydrogen-bond donors (Lipinski definition) is 1. The van der Waals surface area contributed by atoms with Crippen LogP contribution in [0, 0.1) is 12.7 Å². The number of rotatable bonds is 4.